The van der Waals surface area contributed by atoms with Gasteiger partial charge >= 0.3 is 6.03 Å². The van der Waals surface area contributed by atoms with Crippen molar-refractivity contribution in [3.63, 3.8) is 0 Å². The highest BCUT2D eigenvalue weighted by atomic mass is 16.2. The molecule has 0 aliphatic carbocycles. The second kappa shape index (κ2) is 6.86. The van der Waals surface area contributed by atoms with Gasteiger partial charge in [0.2, 0.25) is 0 Å². The largest absolute Gasteiger partial charge is 0.334 e. The molecule has 3 nitrogen and oxygen atoms in total. The van der Waals surface area contributed by atoms with Crippen LogP contribution in [0.25, 0.3) is 0 Å². The van der Waals surface area contributed by atoms with Crippen LogP contribution in [-0.2, 0) is 0 Å². The molecule has 0 aromatic heterocycles. The summed E-state index contributed by atoms with van der Waals surface area (Å²) in [6.07, 6.45) is 6.04. The molecular weight excluding hydrogens is 140 g/mol. The maximum absolute atomic E-state index is 10.8. The van der Waals surface area contributed by atoms with Crippen molar-refractivity contribution < 1.29 is 4.79 Å². The van der Waals surface area contributed by atoms with Gasteiger partial charge in [-0.3, -0.25) is 0 Å². The zero-order valence-electron chi connectivity index (χ0n) is 6.76. The molecule has 0 aromatic rings. The van der Waals surface area contributed by atoms with Crippen LogP contribution in [0.2, 0.25) is 0 Å². The molecule has 2 amide bonds. The van der Waals surface area contributed by atoms with Crippen LogP contribution in [0.4, 0.5) is 4.79 Å². The van der Waals surface area contributed by atoms with Gasteiger partial charge in [-0.15, -0.1) is 6.58 Å². The second-order valence-electron chi connectivity index (χ2n) is 1.95. The fourth-order valence-corrected chi connectivity index (χ4v) is 0.468. The first-order valence-electron chi connectivity index (χ1n) is 3.61. The van der Waals surface area contributed by atoms with E-state index < -0.39 is 0 Å². The smallest absolute Gasteiger partial charge is 0.318 e. The molecule has 0 saturated carbocycles. The average molecular weight is 154 g/mol. The lowest BCUT2D eigenvalue weighted by atomic mass is 10.5. The summed E-state index contributed by atoms with van der Waals surface area (Å²) in [5.41, 5.74) is 0. The molecule has 0 atom stereocenters. The van der Waals surface area contributed by atoms with Crippen LogP contribution < -0.4 is 10.6 Å². The van der Waals surface area contributed by atoms with Crippen molar-refractivity contribution in [1.82, 2.24) is 10.6 Å². The fraction of sp³-hybridized carbons (Fsp3) is 0.375. The Kier molecular flexibility index (Phi) is 6.08. The maximum atomic E-state index is 10.8. The molecule has 0 spiro atoms. The molecule has 0 unspecified atom stereocenters. The van der Waals surface area contributed by atoms with E-state index in [1.54, 1.807) is 12.3 Å². The lowest BCUT2D eigenvalue weighted by Crippen LogP contribution is -2.31. The lowest BCUT2D eigenvalue weighted by Gasteiger charge is -1.99. The molecular formula is C8H14N2O. The van der Waals surface area contributed by atoms with Crippen LogP contribution in [0, 0.1) is 0 Å². The van der Waals surface area contributed by atoms with Crippen LogP contribution in [0.3, 0.4) is 0 Å². The fourth-order valence-electron chi connectivity index (χ4n) is 0.468. The summed E-state index contributed by atoms with van der Waals surface area (Å²) in [4.78, 5) is 10.8. The SMILES string of the molecule is C=CCNC(=O)N/C=C/CC. The van der Waals surface area contributed by atoms with E-state index in [4.69, 9.17) is 0 Å². The van der Waals surface area contributed by atoms with Gasteiger partial charge in [-0.1, -0.05) is 19.1 Å². The van der Waals surface area contributed by atoms with Crippen LogP contribution in [0.5, 0.6) is 0 Å². The molecule has 0 aliphatic heterocycles. The van der Waals surface area contributed by atoms with E-state index in [-0.39, 0.29) is 6.03 Å². The van der Waals surface area contributed by atoms with E-state index in [9.17, 15) is 4.79 Å². The third kappa shape index (κ3) is 6.64. The van der Waals surface area contributed by atoms with Crippen LogP contribution in [0.1, 0.15) is 13.3 Å². The molecule has 3 heteroatoms. The highest BCUT2D eigenvalue weighted by molar-refractivity contribution is 5.74. The van der Waals surface area contributed by atoms with Gasteiger partial charge in [-0.2, -0.15) is 0 Å². The molecule has 0 bridgehead atoms. The van der Waals surface area contributed by atoms with Gasteiger partial charge < -0.3 is 10.6 Å². The summed E-state index contributed by atoms with van der Waals surface area (Å²) < 4.78 is 0. The number of hydrogen-bond donors (Lipinski definition) is 2. The minimum Gasteiger partial charge on any atom is -0.334 e. The minimum atomic E-state index is -0.199. The molecule has 0 fully saturated rings. The van der Waals surface area contributed by atoms with Crippen LogP contribution in [0.15, 0.2) is 24.9 Å². The van der Waals surface area contributed by atoms with E-state index in [0.717, 1.165) is 6.42 Å². The normalized spacial score (nSPS) is 9.55. The van der Waals surface area contributed by atoms with Crippen molar-refractivity contribution in [3.8, 4) is 0 Å². The average Bonchev–Trinajstić information content (AvgIpc) is 2.01. The summed E-state index contributed by atoms with van der Waals surface area (Å²) in [5.74, 6) is 0. The highest BCUT2D eigenvalue weighted by Crippen LogP contribution is 1.75. The Morgan fingerprint density at radius 2 is 2.36 bits per heavy atom. The number of nitrogens with one attached hydrogen (secondary N) is 2. The zero-order chi connectivity index (χ0) is 8.53. The zero-order valence-corrected chi connectivity index (χ0v) is 6.76. The van der Waals surface area contributed by atoms with Gasteiger partial charge in [0.25, 0.3) is 0 Å². The van der Waals surface area contributed by atoms with Crippen molar-refractivity contribution in [2.24, 2.45) is 0 Å². The first-order chi connectivity index (χ1) is 5.31. The monoisotopic (exact) mass is 154 g/mol. The van der Waals surface area contributed by atoms with Gasteiger partial charge in [0, 0.05) is 12.7 Å². The molecule has 0 aliphatic rings. The predicted octanol–water partition coefficient (Wildman–Crippen LogP) is 1.40. The molecule has 0 rings (SSSR count). The number of amides is 2. The lowest BCUT2D eigenvalue weighted by molar-refractivity contribution is 0.245. The first-order valence-corrected chi connectivity index (χ1v) is 3.61. The molecule has 0 aromatic carbocycles. The Labute approximate surface area is 67.2 Å². The number of rotatable bonds is 4. The second-order valence-corrected chi connectivity index (χ2v) is 1.95. The Morgan fingerprint density at radius 1 is 1.64 bits per heavy atom. The Balaban J connectivity index is 3.36. The number of urea groups is 1. The first kappa shape index (κ1) is 9.75. The Bertz CT molecular complexity index is 152. The quantitative estimate of drug-likeness (QED) is 0.590. The van der Waals surface area contributed by atoms with Crippen molar-refractivity contribution in [1.29, 1.82) is 0 Å². The topological polar surface area (TPSA) is 41.1 Å². The van der Waals surface area contributed by atoms with E-state index in [1.165, 1.54) is 0 Å². The van der Waals surface area contributed by atoms with E-state index in [0.29, 0.717) is 6.54 Å². The van der Waals surface area contributed by atoms with Crippen LogP contribution in [-0.4, -0.2) is 12.6 Å². The van der Waals surface area contributed by atoms with Crippen molar-refractivity contribution in [2.45, 2.75) is 13.3 Å². The van der Waals surface area contributed by atoms with Crippen molar-refractivity contribution in [2.75, 3.05) is 6.54 Å². The molecule has 62 valence electrons. The molecule has 0 heterocycles. The molecule has 11 heavy (non-hydrogen) atoms. The van der Waals surface area contributed by atoms with E-state index >= 15 is 0 Å². The summed E-state index contributed by atoms with van der Waals surface area (Å²) in [6, 6.07) is -0.199. The standard InChI is InChI=1S/C8H14N2O/c1-3-5-7-10-8(11)9-6-4-2/h4-5,7H,2-3,6H2,1H3,(H2,9,10,11)/b7-5+. The minimum absolute atomic E-state index is 0.199. The number of hydrogen-bond acceptors (Lipinski definition) is 1. The van der Waals surface area contributed by atoms with Crippen molar-refractivity contribution in [3.05, 3.63) is 24.9 Å². The third-order valence-corrected chi connectivity index (χ3v) is 0.975. The van der Waals surface area contributed by atoms with Gasteiger partial charge in [0.1, 0.15) is 0 Å². The number of carbonyl (C=O) groups is 1. The van der Waals surface area contributed by atoms with E-state index in [2.05, 4.69) is 17.2 Å². The van der Waals surface area contributed by atoms with Gasteiger partial charge in [-0.25, -0.2) is 4.79 Å². The number of carbonyl (C=O) groups excluding carboxylic acids is 1. The maximum Gasteiger partial charge on any atom is 0.318 e. The van der Waals surface area contributed by atoms with E-state index in [1.807, 2.05) is 13.0 Å². The molecule has 0 radical (unpaired) electrons. The molecule has 0 saturated heterocycles. The summed E-state index contributed by atoms with van der Waals surface area (Å²) in [5, 5.41) is 5.11. The Morgan fingerprint density at radius 3 is 2.91 bits per heavy atom. The summed E-state index contributed by atoms with van der Waals surface area (Å²) >= 11 is 0. The third-order valence-electron chi connectivity index (χ3n) is 0.975. The Hall–Kier alpha value is -1.25. The van der Waals surface area contributed by atoms with Gasteiger partial charge in [0.05, 0.1) is 0 Å². The summed E-state index contributed by atoms with van der Waals surface area (Å²) in [7, 11) is 0. The molecule has 2 N–H and O–H groups in total. The van der Waals surface area contributed by atoms with Crippen molar-refractivity contribution >= 4 is 6.03 Å². The predicted molar refractivity (Wildman–Crippen MR) is 46.2 cm³/mol. The van der Waals surface area contributed by atoms with Gasteiger partial charge in [0.15, 0.2) is 0 Å². The number of allylic oxidation sites excluding steroid dienone is 1. The highest BCUT2D eigenvalue weighted by Gasteiger charge is 1.90. The van der Waals surface area contributed by atoms with Gasteiger partial charge in [-0.05, 0) is 6.42 Å². The van der Waals surface area contributed by atoms with Crippen LogP contribution >= 0.6 is 0 Å². The summed E-state index contributed by atoms with van der Waals surface area (Å²) in [6.45, 7) is 5.96.